The summed E-state index contributed by atoms with van der Waals surface area (Å²) in [7, 11) is 0. The third-order valence-corrected chi connectivity index (χ3v) is 2.18. The van der Waals surface area contributed by atoms with Crippen molar-refractivity contribution in [2.75, 3.05) is 0 Å². The zero-order valence-corrected chi connectivity index (χ0v) is 9.18. The fraction of sp³-hybridized carbons (Fsp3) is 0.200. The summed E-state index contributed by atoms with van der Waals surface area (Å²) in [5, 5.41) is 16.4. The van der Waals surface area contributed by atoms with Crippen LogP contribution in [0, 0.1) is 0 Å². The summed E-state index contributed by atoms with van der Waals surface area (Å²) in [6.07, 6.45) is -1.69. The Kier molecular flexibility index (Phi) is 3.20. The van der Waals surface area contributed by atoms with E-state index >= 15 is 0 Å². The van der Waals surface area contributed by atoms with Gasteiger partial charge in [0.1, 0.15) is 17.1 Å². The highest BCUT2D eigenvalue weighted by atomic mass is 16.7. The van der Waals surface area contributed by atoms with Gasteiger partial charge >= 0.3 is 12.1 Å². The fourth-order valence-corrected chi connectivity index (χ4v) is 1.40. The van der Waals surface area contributed by atoms with E-state index in [0.717, 1.165) is 0 Å². The van der Waals surface area contributed by atoms with Crippen molar-refractivity contribution in [3.8, 4) is 0 Å². The number of carboxylic acid groups (broad SMARTS) is 1. The van der Waals surface area contributed by atoms with Crippen LogP contribution in [0.2, 0.25) is 0 Å². The van der Waals surface area contributed by atoms with Gasteiger partial charge in [-0.1, -0.05) is 12.1 Å². The molecule has 0 bridgehead atoms. The second-order valence-corrected chi connectivity index (χ2v) is 3.54. The van der Waals surface area contributed by atoms with Crippen LogP contribution in [0.15, 0.2) is 24.3 Å². The van der Waals surface area contributed by atoms with E-state index in [1.807, 2.05) is 0 Å². The maximum absolute atomic E-state index is 11.2. The number of fused-ring (bicyclic) bond motifs is 1. The van der Waals surface area contributed by atoms with E-state index < -0.39 is 18.2 Å². The van der Waals surface area contributed by atoms with Gasteiger partial charge in [0.15, 0.2) is 0 Å². The second-order valence-electron chi connectivity index (χ2n) is 3.54. The van der Waals surface area contributed by atoms with Crippen molar-refractivity contribution in [1.82, 2.24) is 15.0 Å². The number of carbonyl (C=O) groups is 2. The van der Waals surface area contributed by atoms with E-state index in [0.29, 0.717) is 11.0 Å². The Morgan fingerprint density at radius 3 is 2.39 bits per heavy atom. The molecule has 0 saturated heterocycles. The molecule has 0 aliphatic carbocycles. The Labute approximate surface area is 101 Å². The topological polar surface area (TPSA) is 120 Å². The van der Waals surface area contributed by atoms with Crippen LogP contribution < -0.4 is 5.73 Å². The highest BCUT2D eigenvalue weighted by Crippen LogP contribution is 2.07. The average Bonchev–Trinajstić information content (AvgIpc) is 2.69. The van der Waals surface area contributed by atoms with Crippen molar-refractivity contribution in [3.05, 3.63) is 24.3 Å². The minimum absolute atomic E-state index is 0.0548. The Morgan fingerprint density at radius 2 is 1.89 bits per heavy atom. The summed E-state index contributed by atoms with van der Waals surface area (Å²) in [6, 6.07) is 6.00. The zero-order valence-electron chi connectivity index (χ0n) is 9.18. The lowest BCUT2D eigenvalue weighted by Gasteiger charge is -2.07. The third-order valence-electron chi connectivity index (χ3n) is 2.18. The van der Waals surface area contributed by atoms with Crippen molar-refractivity contribution in [1.29, 1.82) is 0 Å². The Bertz CT molecular complexity index is 561. The Hall–Kier alpha value is -2.48. The molecule has 0 unspecified atom stereocenters. The first-order valence-corrected chi connectivity index (χ1v) is 5.06. The number of rotatable bonds is 3. The quantitative estimate of drug-likeness (QED) is 0.580. The highest BCUT2D eigenvalue weighted by molar-refractivity contribution is 5.84. The van der Waals surface area contributed by atoms with Gasteiger partial charge in [-0.2, -0.15) is 15.0 Å². The molecule has 8 nitrogen and oxygen atoms in total. The van der Waals surface area contributed by atoms with Crippen molar-refractivity contribution in [2.45, 2.75) is 12.6 Å². The van der Waals surface area contributed by atoms with E-state index in [2.05, 4.69) is 14.9 Å². The van der Waals surface area contributed by atoms with Crippen LogP contribution in [0.25, 0.3) is 11.0 Å². The van der Waals surface area contributed by atoms with Gasteiger partial charge in [-0.15, -0.1) is 0 Å². The smallest absolute Gasteiger partial charge is 0.449 e. The number of nitrogens with zero attached hydrogens (tertiary/aromatic N) is 3. The van der Waals surface area contributed by atoms with E-state index in [1.165, 1.54) is 4.80 Å². The number of hydrogen-bond donors (Lipinski definition) is 2. The average molecular weight is 250 g/mol. The number of aromatic nitrogens is 3. The van der Waals surface area contributed by atoms with E-state index in [9.17, 15) is 9.59 Å². The van der Waals surface area contributed by atoms with E-state index in [-0.39, 0.29) is 6.54 Å². The molecule has 18 heavy (non-hydrogen) atoms. The van der Waals surface area contributed by atoms with Crippen LogP contribution in [-0.2, 0) is 16.1 Å². The highest BCUT2D eigenvalue weighted by Gasteiger charge is 2.19. The summed E-state index contributed by atoms with van der Waals surface area (Å²) in [5.74, 6) is -1.04. The molecule has 3 N–H and O–H groups in total. The van der Waals surface area contributed by atoms with Gasteiger partial charge in [0.2, 0.25) is 0 Å². The molecule has 0 amide bonds. The first-order valence-electron chi connectivity index (χ1n) is 5.06. The lowest BCUT2D eigenvalue weighted by molar-refractivity contribution is -0.140. The first-order chi connectivity index (χ1) is 8.56. The second kappa shape index (κ2) is 4.80. The predicted octanol–water partition coefficient (Wildman–Crippen LogP) is -0.0202. The maximum atomic E-state index is 11.2. The number of nitrogens with two attached hydrogens (primary N) is 1. The van der Waals surface area contributed by atoms with Crippen LogP contribution >= 0.6 is 0 Å². The summed E-state index contributed by atoms with van der Waals surface area (Å²) < 4.78 is 3.94. The lowest BCUT2D eigenvalue weighted by Crippen LogP contribution is -2.37. The van der Waals surface area contributed by atoms with Crippen molar-refractivity contribution in [2.24, 2.45) is 5.73 Å². The monoisotopic (exact) mass is 250 g/mol. The largest absolute Gasteiger partial charge is 0.513 e. The molecule has 0 aliphatic heterocycles. The molecule has 1 aromatic heterocycles. The van der Waals surface area contributed by atoms with Gasteiger partial charge in [-0.3, -0.25) is 0 Å². The minimum Gasteiger partial charge on any atom is -0.449 e. The first kappa shape index (κ1) is 12.0. The van der Waals surface area contributed by atoms with Gasteiger partial charge in [-0.25, -0.2) is 9.59 Å². The zero-order chi connectivity index (χ0) is 13.1. The third kappa shape index (κ3) is 2.61. The summed E-state index contributed by atoms with van der Waals surface area (Å²) in [6.45, 7) is -0.0548. The van der Waals surface area contributed by atoms with Gasteiger partial charge in [-0.05, 0) is 12.1 Å². The van der Waals surface area contributed by atoms with Crippen LogP contribution in [0.1, 0.15) is 0 Å². The van der Waals surface area contributed by atoms with Crippen LogP contribution in [0.3, 0.4) is 0 Å². The van der Waals surface area contributed by atoms with E-state index in [1.54, 1.807) is 24.3 Å². The van der Waals surface area contributed by atoms with Crippen molar-refractivity contribution in [3.63, 3.8) is 0 Å². The van der Waals surface area contributed by atoms with Crippen molar-refractivity contribution < 1.29 is 19.4 Å². The molecule has 1 aromatic carbocycles. The van der Waals surface area contributed by atoms with Crippen LogP contribution in [-0.4, -0.2) is 38.3 Å². The molecular formula is C10H10N4O4. The standard InChI is InChI=1S/C10H10N4O4/c11-6(9(15)18-10(16)17)5-14-12-7-3-1-2-4-8(7)13-14/h1-4,6H,5,11H2,(H,16,17)/t6-/m0/s1. The molecule has 1 atom stereocenters. The van der Waals surface area contributed by atoms with Gasteiger partial charge in [0.05, 0.1) is 6.54 Å². The molecule has 0 radical (unpaired) electrons. The molecular weight excluding hydrogens is 240 g/mol. The summed E-state index contributed by atoms with van der Waals surface area (Å²) in [4.78, 5) is 22.6. The van der Waals surface area contributed by atoms with Crippen LogP contribution in [0.5, 0.6) is 0 Å². The molecule has 1 heterocycles. The number of benzene rings is 1. The molecule has 0 spiro atoms. The Balaban J connectivity index is 2.09. The minimum atomic E-state index is -1.69. The molecule has 94 valence electrons. The summed E-state index contributed by atoms with van der Waals surface area (Å²) >= 11 is 0. The fourth-order valence-electron chi connectivity index (χ4n) is 1.40. The predicted molar refractivity (Wildman–Crippen MR) is 59.6 cm³/mol. The lowest BCUT2D eigenvalue weighted by atomic mass is 10.3. The van der Waals surface area contributed by atoms with Crippen molar-refractivity contribution >= 4 is 23.2 Å². The normalized spacial score (nSPS) is 12.3. The summed E-state index contributed by atoms with van der Waals surface area (Å²) in [5.41, 5.74) is 6.81. The van der Waals surface area contributed by atoms with Gasteiger partial charge < -0.3 is 15.6 Å². The van der Waals surface area contributed by atoms with E-state index in [4.69, 9.17) is 10.8 Å². The maximum Gasteiger partial charge on any atom is 0.513 e. The molecule has 0 saturated carbocycles. The number of carbonyl (C=O) groups excluding carboxylic acids is 1. The van der Waals surface area contributed by atoms with Gasteiger partial charge in [0, 0.05) is 0 Å². The Morgan fingerprint density at radius 1 is 1.33 bits per heavy atom. The number of esters is 1. The number of ether oxygens (including phenoxy) is 1. The SMILES string of the molecule is N[C@@H](Cn1nc2ccccc2n1)C(=O)OC(=O)O. The van der Waals surface area contributed by atoms with Gasteiger partial charge in [0.25, 0.3) is 0 Å². The molecule has 0 aliphatic rings. The molecule has 0 fully saturated rings. The van der Waals surface area contributed by atoms with Crippen LogP contribution in [0.4, 0.5) is 4.79 Å². The molecule has 8 heteroatoms. The number of hydrogen-bond acceptors (Lipinski definition) is 6. The molecule has 2 rings (SSSR count). The molecule has 2 aromatic rings.